The van der Waals surface area contributed by atoms with E-state index in [-0.39, 0.29) is 5.78 Å². The van der Waals surface area contributed by atoms with Crippen LogP contribution in [0, 0.1) is 0 Å². The van der Waals surface area contributed by atoms with Crippen molar-refractivity contribution in [3.05, 3.63) is 64.3 Å². The minimum absolute atomic E-state index is 0.111. The van der Waals surface area contributed by atoms with Crippen molar-refractivity contribution in [2.45, 2.75) is 6.92 Å². The van der Waals surface area contributed by atoms with Gasteiger partial charge in [-0.05, 0) is 41.6 Å². The highest BCUT2D eigenvalue weighted by molar-refractivity contribution is 6.29. The van der Waals surface area contributed by atoms with Gasteiger partial charge in [-0.25, -0.2) is 0 Å². The van der Waals surface area contributed by atoms with Crippen LogP contribution in [-0.4, -0.2) is 10.4 Å². The highest BCUT2D eigenvalue weighted by Gasteiger charge is 2.15. The van der Waals surface area contributed by atoms with Crippen molar-refractivity contribution in [2.24, 2.45) is 7.05 Å². The van der Waals surface area contributed by atoms with E-state index >= 15 is 0 Å². The van der Waals surface area contributed by atoms with Crippen molar-refractivity contribution in [3.63, 3.8) is 0 Å². The lowest BCUT2D eigenvalue weighted by atomic mass is 9.94. The molecule has 0 fully saturated rings. The van der Waals surface area contributed by atoms with Crippen molar-refractivity contribution < 1.29 is 4.79 Å². The Morgan fingerprint density at radius 1 is 1.11 bits per heavy atom. The maximum atomic E-state index is 12.4. The Kier molecular flexibility index (Phi) is 2.71. The predicted molar refractivity (Wildman–Crippen MR) is 77.6 cm³/mol. The molecule has 0 radical (unpaired) electrons. The molecule has 0 N–H and O–H groups in total. The molecule has 0 saturated heterocycles. The lowest BCUT2D eigenvalue weighted by Gasteiger charge is -2.09. The third-order valence-electron chi connectivity index (χ3n) is 3.57. The summed E-state index contributed by atoms with van der Waals surface area (Å²) in [7, 11) is 1.98. The number of ketones is 1. The summed E-state index contributed by atoms with van der Waals surface area (Å²) in [6, 6.07) is 12.0. The molecule has 2 heteroatoms. The number of rotatable bonds is 1. The molecule has 0 atom stereocenters. The predicted octanol–water partition coefficient (Wildman–Crippen LogP) is 1.64. The van der Waals surface area contributed by atoms with Crippen molar-refractivity contribution in [1.82, 2.24) is 4.57 Å². The normalized spacial score (nSPS) is 16.4. The number of carbonyl (C=O) groups excluding carboxylic acids is 1. The number of benzene rings is 1. The number of carbonyl (C=O) groups is 1. The third kappa shape index (κ3) is 1.95. The van der Waals surface area contributed by atoms with Crippen molar-refractivity contribution in [2.75, 3.05) is 0 Å². The molecule has 19 heavy (non-hydrogen) atoms. The Labute approximate surface area is 112 Å². The number of hydrogen-bond acceptors (Lipinski definition) is 1. The van der Waals surface area contributed by atoms with Crippen LogP contribution in [0.5, 0.6) is 0 Å². The summed E-state index contributed by atoms with van der Waals surface area (Å²) in [6.45, 7) is 1.90. The summed E-state index contributed by atoms with van der Waals surface area (Å²) in [5.41, 5.74) is 2.60. The van der Waals surface area contributed by atoms with Gasteiger partial charge in [0.05, 0.1) is 0 Å². The lowest BCUT2D eigenvalue weighted by molar-refractivity contribution is -0.110. The molecule has 0 spiro atoms. The number of fused-ring (bicyclic) bond motifs is 1. The zero-order chi connectivity index (χ0) is 13.4. The second-order valence-corrected chi connectivity index (χ2v) is 4.83. The first-order valence-corrected chi connectivity index (χ1v) is 6.32. The van der Waals surface area contributed by atoms with Crippen molar-refractivity contribution in [3.8, 4) is 0 Å². The van der Waals surface area contributed by atoms with Gasteiger partial charge >= 0.3 is 0 Å². The largest absolute Gasteiger partial charge is 0.351 e. The Hall–Kier alpha value is -2.35. The molecule has 0 bridgehead atoms. The summed E-state index contributed by atoms with van der Waals surface area (Å²) >= 11 is 0. The smallest absolute Gasteiger partial charge is 0.189 e. The topological polar surface area (TPSA) is 22.0 Å². The van der Waals surface area contributed by atoms with Crippen LogP contribution in [0.1, 0.15) is 12.6 Å². The van der Waals surface area contributed by atoms with Gasteiger partial charge in [-0.3, -0.25) is 4.79 Å². The monoisotopic (exact) mass is 249 g/mol. The van der Waals surface area contributed by atoms with Crippen molar-refractivity contribution >= 4 is 23.5 Å². The molecule has 2 aromatic rings. The number of Topliss-reactive ketones (excluding diaryl/α,β-unsaturated/α-hetero) is 1. The zero-order valence-corrected chi connectivity index (χ0v) is 11.1. The first-order chi connectivity index (χ1) is 9.16. The van der Waals surface area contributed by atoms with Gasteiger partial charge in [0.25, 0.3) is 0 Å². The minimum atomic E-state index is 0.111. The van der Waals surface area contributed by atoms with Crippen LogP contribution in [0.15, 0.2) is 48.2 Å². The molecular formula is C17H15NO. The van der Waals surface area contributed by atoms with E-state index in [2.05, 4.69) is 0 Å². The molecule has 2 nitrogen and oxygen atoms in total. The Morgan fingerprint density at radius 2 is 1.89 bits per heavy atom. The Bertz CT molecular complexity index is 806. The third-order valence-corrected chi connectivity index (χ3v) is 3.57. The van der Waals surface area contributed by atoms with Crippen LogP contribution in [0.2, 0.25) is 0 Å². The van der Waals surface area contributed by atoms with E-state index in [0.29, 0.717) is 0 Å². The molecule has 1 aromatic heterocycles. The summed E-state index contributed by atoms with van der Waals surface area (Å²) in [4.78, 5) is 12.4. The lowest BCUT2D eigenvalue weighted by Crippen LogP contribution is -2.32. The number of nitrogens with zero attached hydrogens (tertiary/aromatic N) is 1. The number of aryl methyl sites for hydroxylation is 1. The van der Waals surface area contributed by atoms with Crippen LogP contribution in [0.4, 0.5) is 0 Å². The maximum absolute atomic E-state index is 12.4. The van der Waals surface area contributed by atoms with E-state index in [9.17, 15) is 4.79 Å². The second-order valence-electron chi connectivity index (χ2n) is 4.83. The first-order valence-electron chi connectivity index (χ1n) is 6.32. The van der Waals surface area contributed by atoms with Gasteiger partial charge in [-0.15, -0.1) is 0 Å². The molecule has 0 aliphatic heterocycles. The molecule has 1 aromatic carbocycles. The summed E-state index contributed by atoms with van der Waals surface area (Å²) < 4.78 is 2.00. The quantitative estimate of drug-likeness (QED) is 0.704. The fraction of sp³-hybridized carbons (Fsp3) is 0.118. The summed E-state index contributed by atoms with van der Waals surface area (Å²) in [5.74, 6) is 0.111. The molecule has 94 valence electrons. The van der Waals surface area contributed by atoms with Gasteiger partial charge in [0.15, 0.2) is 5.78 Å². The van der Waals surface area contributed by atoms with E-state index < -0.39 is 0 Å². The zero-order valence-electron chi connectivity index (χ0n) is 11.1. The van der Waals surface area contributed by atoms with Gasteiger partial charge in [-0.2, -0.15) is 0 Å². The Balaban J connectivity index is 2.23. The average molecular weight is 249 g/mol. The highest BCUT2D eigenvalue weighted by atomic mass is 16.1. The fourth-order valence-electron chi connectivity index (χ4n) is 2.43. The van der Waals surface area contributed by atoms with Gasteiger partial charge in [0.1, 0.15) is 0 Å². The maximum Gasteiger partial charge on any atom is 0.189 e. The number of aromatic nitrogens is 1. The Morgan fingerprint density at radius 3 is 2.63 bits per heavy atom. The van der Waals surface area contributed by atoms with Gasteiger partial charge in [0.2, 0.25) is 0 Å². The van der Waals surface area contributed by atoms with E-state index in [0.717, 1.165) is 27.3 Å². The minimum Gasteiger partial charge on any atom is -0.351 e. The molecule has 1 heterocycles. The molecular weight excluding hydrogens is 234 g/mol. The summed E-state index contributed by atoms with van der Waals surface area (Å²) in [5, 5.41) is 2.15. The van der Waals surface area contributed by atoms with Crippen molar-refractivity contribution in [1.29, 1.82) is 0 Å². The fourth-order valence-corrected chi connectivity index (χ4v) is 2.43. The van der Waals surface area contributed by atoms with E-state index in [4.69, 9.17) is 0 Å². The standard InChI is InChI=1S/C17H15NO/c1-12-16-8-4-3-6-13(16)10-14(17(12)19)11-15-7-5-9-18(15)2/h3-11H,1-2H3. The van der Waals surface area contributed by atoms with Crippen LogP contribution in [0.3, 0.4) is 0 Å². The highest BCUT2D eigenvalue weighted by Crippen LogP contribution is 2.14. The molecule has 1 aliphatic rings. The van der Waals surface area contributed by atoms with Crippen LogP contribution in [0.25, 0.3) is 17.7 Å². The average Bonchev–Trinajstić information content (AvgIpc) is 2.81. The molecule has 1 aliphatic carbocycles. The molecule has 0 unspecified atom stereocenters. The SMILES string of the molecule is CC1=c2ccccc2=CC(=Cc2cccn2C)C1=O. The van der Waals surface area contributed by atoms with Gasteiger partial charge in [-0.1, -0.05) is 24.3 Å². The second kappa shape index (κ2) is 4.39. The molecule has 0 saturated carbocycles. The molecule has 3 rings (SSSR count). The number of allylic oxidation sites excluding steroid dienone is 1. The van der Waals surface area contributed by atoms with Crippen LogP contribution >= 0.6 is 0 Å². The van der Waals surface area contributed by atoms with Gasteiger partial charge in [0, 0.05) is 30.1 Å². The van der Waals surface area contributed by atoms with Crippen LogP contribution in [-0.2, 0) is 11.8 Å². The van der Waals surface area contributed by atoms with E-state index in [1.165, 1.54) is 0 Å². The van der Waals surface area contributed by atoms with E-state index in [1.54, 1.807) is 0 Å². The van der Waals surface area contributed by atoms with E-state index in [1.807, 2.05) is 73.3 Å². The number of hydrogen-bond donors (Lipinski definition) is 0. The van der Waals surface area contributed by atoms with Crippen LogP contribution < -0.4 is 10.4 Å². The van der Waals surface area contributed by atoms with Gasteiger partial charge < -0.3 is 4.57 Å². The summed E-state index contributed by atoms with van der Waals surface area (Å²) in [6.07, 6.45) is 5.89. The first kappa shape index (κ1) is 11.7. The molecule has 0 amide bonds.